The first-order valence-corrected chi connectivity index (χ1v) is 8.62. The molecule has 0 aliphatic heterocycles. The van der Waals surface area contributed by atoms with Crippen LogP contribution in [0, 0.1) is 11.8 Å². The van der Waals surface area contributed by atoms with Crippen LogP contribution in [0.2, 0.25) is 0 Å². The minimum atomic E-state index is 0.572. The van der Waals surface area contributed by atoms with Gasteiger partial charge in [-0.25, -0.2) is 0 Å². The molecule has 2 heteroatoms. The van der Waals surface area contributed by atoms with Gasteiger partial charge in [0.2, 0.25) is 0 Å². The Bertz CT molecular complexity index is 237. The Kier molecular flexibility index (Phi) is 6.66. The summed E-state index contributed by atoms with van der Waals surface area (Å²) in [6, 6.07) is 0.749. The number of hydrogen-bond acceptors (Lipinski definition) is 2. The second-order valence-electron chi connectivity index (χ2n) is 6.81. The van der Waals surface area contributed by atoms with Crippen LogP contribution >= 0.6 is 0 Å². The molecule has 2 aliphatic carbocycles. The number of rotatable bonds is 6. The van der Waals surface area contributed by atoms with Crippen LogP contribution < -0.4 is 5.32 Å². The van der Waals surface area contributed by atoms with Gasteiger partial charge in [-0.2, -0.15) is 0 Å². The molecule has 2 saturated carbocycles. The molecular formula is C17H33NO. The molecule has 2 fully saturated rings. The topological polar surface area (TPSA) is 21.3 Å². The highest BCUT2D eigenvalue weighted by Gasteiger charge is 2.26. The second kappa shape index (κ2) is 8.26. The first-order chi connectivity index (χ1) is 9.27. The molecule has 2 rings (SSSR count). The standard InChI is InChI=1S/C17H33NO/c1-14-8-6-11-17(15(14)2)18-12-7-13-19-16-9-4-3-5-10-16/h14-18H,3-13H2,1-2H3. The van der Waals surface area contributed by atoms with Gasteiger partial charge < -0.3 is 10.1 Å². The van der Waals surface area contributed by atoms with Gasteiger partial charge in [0.1, 0.15) is 0 Å². The molecule has 2 nitrogen and oxygen atoms in total. The number of ether oxygens (including phenoxy) is 1. The molecule has 3 unspecified atom stereocenters. The minimum absolute atomic E-state index is 0.572. The van der Waals surface area contributed by atoms with E-state index < -0.39 is 0 Å². The molecule has 2 aliphatic rings. The zero-order valence-electron chi connectivity index (χ0n) is 13.0. The van der Waals surface area contributed by atoms with Gasteiger partial charge >= 0.3 is 0 Å². The minimum Gasteiger partial charge on any atom is -0.378 e. The first kappa shape index (κ1) is 15.3. The van der Waals surface area contributed by atoms with Crippen molar-refractivity contribution in [3.8, 4) is 0 Å². The highest BCUT2D eigenvalue weighted by molar-refractivity contribution is 4.82. The van der Waals surface area contributed by atoms with E-state index in [0.717, 1.165) is 31.0 Å². The number of nitrogens with one attached hydrogen (secondary N) is 1. The maximum absolute atomic E-state index is 5.98. The van der Waals surface area contributed by atoms with E-state index in [9.17, 15) is 0 Å². The van der Waals surface area contributed by atoms with Crippen molar-refractivity contribution < 1.29 is 4.74 Å². The quantitative estimate of drug-likeness (QED) is 0.730. The van der Waals surface area contributed by atoms with Crippen LogP contribution in [0.5, 0.6) is 0 Å². The molecule has 0 amide bonds. The average molecular weight is 267 g/mol. The van der Waals surface area contributed by atoms with E-state index in [1.54, 1.807) is 0 Å². The predicted molar refractivity (Wildman–Crippen MR) is 81.4 cm³/mol. The molecule has 0 radical (unpaired) electrons. The molecule has 0 spiro atoms. The molecule has 3 atom stereocenters. The first-order valence-electron chi connectivity index (χ1n) is 8.62. The summed E-state index contributed by atoms with van der Waals surface area (Å²) in [6.45, 7) is 6.91. The largest absolute Gasteiger partial charge is 0.378 e. The summed E-state index contributed by atoms with van der Waals surface area (Å²) >= 11 is 0. The van der Waals surface area contributed by atoms with Crippen molar-refractivity contribution in [1.82, 2.24) is 5.32 Å². The summed E-state index contributed by atoms with van der Waals surface area (Å²) in [4.78, 5) is 0. The van der Waals surface area contributed by atoms with Gasteiger partial charge in [-0.15, -0.1) is 0 Å². The third-order valence-electron chi connectivity index (χ3n) is 5.34. The van der Waals surface area contributed by atoms with Crippen molar-refractivity contribution in [3.05, 3.63) is 0 Å². The lowest BCUT2D eigenvalue weighted by atomic mass is 9.78. The SMILES string of the molecule is CC1CCCC(NCCCOC2CCCCC2)C1C. The molecule has 0 saturated heterocycles. The van der Waals surface area contributed by atoms with Crippen LogP contribution in [0.1, 0.15) is 71.6 Å². The van der Waals surface area contributed by atoms with Gasteiger partial charge in [0.15, 0.2) is 0 Å². The third-order valence-corrected chi connectivity index (χ3v) is 5.34. The summed E-state index contributed by atoms with van der Waals surface area (Å²) in [5, 5.41) is 3.76. The molecule has 0 aromatic rings. The fourth-order valence-electron chi connectivity index (χ4n) is 3.71. The van der Waals surface area contributed by atoms with Crippen LogP contribution in [0.25, 0.3) is 0 Å². The van der Waals surface area contributed by atoms with Crippen LogP contribution in [-0.4, -0.2) is 25.3 Å². The summed E-state index contributed by atoms with van der Waals surface area (Å²) in [6.07, 6.45) is 12.7. The lowest BCUT2D eigenvalue weighted by molar-refractivity contribution is 0.0266. The Labute approximate surface area is 119 Å². The van der Waals surface area contributed by atoms with E-state index >= 15 is 0 Å². The lowest BCUT2D eigenvalue weighted by Crippen LogP contribution is -2.41. The summed E-state index contributed by atoms with van der Waals surface area (Å²) in [5.41, 5.74) is 0. The van der Waals surface area contributed by atoms with Crippen LogP contribution in [0.3, 0.4) is 0 Å². The average Bonchev–Trinajstić information content (AvgIpc) is 2.44. The molecular weight excluding hydrogens is 234 g/mol. The van der Waals surface area contributed by atoms with E-state index in [1.165, 1.54) is 57.8 Å². The predicted octanol–water partition coefficient (Wildman–Crippen LogP) is 4.14. The van der Waals surface area contributed by atoms with Gasteiger partial charge in [-0.3, -0.25) is 0 Å². The molecule has 0 heterocycles. The Morgan fingerprint density at radius 1 is 0.947 bits per heavy atom. The van der Waals surface area contributed by atoms with Crippen LogP contribution in [-0.2, 0) is 4.74 Å². The molecule has 0 bridgehead atoms. The van der Waals surface area contributed by atoms with Crippen molar-refractivity contribution in [1.29, 1.82) is 0 Å². The van der Waals surface area contributed by atoms with Gasteiger partial charge in [0.25, 0.3) is 0 Å². The highest BCUT2D eigenvalue weighted by Crippen LogP contribution is 2.29. The zero-order valence-corrected chi connectivity index (χ0v) is 13.0. The fourth-order valence-corrected chi connectivity index (χ4v) is 3.71. The Morgan fingerprint density at radius 2 is 1.74 bits per heavy atom. The zero-order chi connectivity index (χ0) is 13.5. The van der Waals surface area contributed by atoms with E-state index in [2.05, 4.69) is 19.2 Å². The Balaban J connectivity index is 1.51. The maximum atomic E-state index is 5.98. The monoisotopic (exact) mass is 267 g/mol. The Hall–Kier alpha value is -0.0800. The summed E-state index contributed by atoms with van der Waals surface area (Å²) in [7, 11) is 0. The van der Waals surface area contributed by atoms with Gasteiger partial charge in [0, 0.05) is 12.6 Å². The lowest BCUT2D eigenvalue weighted by Gasteiger charge is -2.34. The Morgan fingerprint density at radius 3 is 2.53 bits per heavy atom. The normalized spacial score (nSPS) is 33.5. The number of hydrogen-bond donors (Lipinski definition) is 1. The molecule has 1 N–H and O–H groups in total. The van der Waals surface area contributed by atoms with E-state index in [1.807, 2.05) is 0 Å². The highest BCUT2D eigenvalue weighted by atomic mass is 16.5. The van der Waals surface area contributed by atoms with E-state index in [-0.39, 0.29) is 0 Å². The smallest absolute Gasteiger partial charge is 0.0575 e. The van der Waals surface area contributed by atoms with E-state index in [0.29, 0.717) is 6.10 Å². The van der Waals surface area contributed by atoms with Gasteiger partial charge in [-0.1, -0.05) is 46.0 Å². The van der Waals surface area contributed by atoms with Gasteiger partial charge in [0.05, 0.1) is 6.10 Å². The van der Waals surface area contributed by atoms with Crippen molar-refractivity contribution in [2.75, 3.05) is 13.2 Å². The van der Waals surface area contributed by atoms with E-state index in [4.69, 9.17) is 4.74 Å². The fraction of sp³-hybridized carbons (Fsp3) is 1.00. The van der Waals surface area contributed by atoms with Gasteiger partial charge in [-0.05, 0) is 44.1 Å². The third kappa shape index (κ3) is 5.07. The van der Waals surface area contributed by atoms with Crippen molar-refractivity contribution in [2.45, 2.75) is 83.8 Å². The molecule has 0 aromatic heterocycles. The van der Waals surface area contributed by atoms with Crippen molar-refractivity contribution in [3.63, 3.8) is 0 Å². The second-order valence-corrected chi connectivity index (χ2v) is 6.81. The van der Waals surface area contributed by atoms with Crippen LogP contribution in [0.15, 0.2) is 0 Å². The van der Waals surface area contributed by atoms with Crippen LogP contribution in [0.4, 0.5) is 0 Å². The summed E-state index contributed by atoms with van der Waals surface area (Å²) in [5.74, 6) is 1.73. The van der Waals surface area contributed by atoms with Crippen molar-refractivity contribution >= 4 is 0 Å². The molecule has 19 heavy (non-hydrogen) atoms. The molecule has 0 aromatic carbocycles. The molecule has 112 valence electrons. The maximum Gasteiger partial charge on any atom is 0.0575 e. The summed E-state index contributed by atoms with van der Waals surface area (Å²) < 4.78 is 5.98. The van der Waals surface area contributed by atoms with Crippen molar-refractivity contribution in [2.24, 2.45) is 11.8 Å².